The number of rotatable bonds is 6. The fourth-order valence-corrected chi connectivity index (χ4v) is 7.21. The van der Waals surface area contributed by atoms with Crippen LogP contribution in [0.15, 0.2) is 122 Å². The predicted octanol–water partition coefficient (Wildman–Crippen LogP) is 8.72. The smallest absolute Gasteiger partial charge is 0.261 e. The van der Waals surface area contributed by atoms with Crippen LogP contribution in [0.1, 0.15) is 26.3 Å². The summed E-state index contributed by atoms with van der Waals surface area (Å²) in [6, 6.07) is 33.9. The van der Waals surface area contributed by atoms with E-state index in [0.29, 0.717) is 17.7 Å². The van der Waals surface area contributed by atoms with Gasteiger partial charge in [0.2, 0.25) is 0 Å². The van der Waals surface area contributed by atoms with Crippen LogP contribution < -0.4 is 0 Å². The maximum Gasteiger partial charge on any atom is 0.261 e. The highest BCUT2D eigenvalue weighted by molar-refractivity contribution is 7.21. The number of benzene rings is 5. The molecule has 5 nitrogen and oxygen atoms in total. The molecule has 2 amide bonds. The van der Waals surface area contributed by atoms with E-state index in [1.165, 1.54) is 4.90 Å². The van der Waals surface area contributed by atoms with Gasteiger partial charge in [-0.3, -0.25) is 14.5 Å². The quantitative estimate of drug-likeness (QED) is 0.147. The minimum Gasteiger partial charge on any atom is -0.343 e. The number of para-hydroxylation sites is 1. The van der Waals surface area contributed by atoms with Crippen molar-refractivity contribution in [1.29, 1.82) is 0 Å². The Morgan fingerprint density at radius 1 is 0.744 bits per heavy atom. The minimum atomic E-state index is -0.265. The molecule has 1 aliphatic heterocycles. The third kappa shape index (κ3) is 4.02. The predicted molar refractivity (Wildman–Crippen MR) is 174 cm³/mol. The average molecular weight is 576 g/mol. The van der Waals surface area contributed by atoms with Crippen LogP contribution >= 0.6 is 11.3 Å². The van der Waals surface area contributed by atoms with Gasteiger partial charge in [0.25, 0.3) is 11.8 Å². The fraction of sp³-hybridized carbons (Fsp3) is 0.0541. The van der Waals surface area contributed by atoms with Gasteiger partial charge in [-0.25, -0.2) is 4.98 Å². The summed E-state index contributed by atoms with van der Waals surface area (Å²) in [5.41, 5.74) is 7.18. The molecular formula is C37H25N3O2S. The van der Waals surface area contributed by atoms with Crippen molar-refractivity contribution in [3.8, 4) is 21.7 Å². The van der Waals surface area contributed by atoms with E-state index in [0.717, 1.165) is 59.2 Å². The Labute approximate surface area is 252 Å². The van der Waals surface area contributed by atoms with Gasteiger partial charge in [-0.1, -0.05) is 72.8 Å². The van der Waals surface area contributed by atoms with Crippen molar-refractivity contribution in [3.63, 3.8) is 0 Å². The lowest BCUT2D eigenvalue weighted by Crippen LogP contribution is -2.39. The first-order valence-electron chi connectivity index (χ1n) is 14.2. The summed E-state index contributed by atoms with van der Waals surface area (Å²) < 4.78 is 3.35. The van der Waals surface area contributed by atoms with Crippen LogP contribution in [0.3, 0.4) is 0 Å². The van der Waals surface area contributed by atoms with Crippen LogP contribution in [-0.2, 0) is 13.1 Å². The number of carbonyl (C=O) groups excluding carboxylic acids is 2. The molecular weight excluding hydrogens is 550 g/mol. The van der Waals surface area contributed by atoms with Crippen molar-refractivity contribution in [1.82, 2.24) is 14.5 Å². The summed E-state index contributed by atoms with van der Waals surface area (Å²) in [7, 11) is 0. The molecule has 0 fully saturated rings. The summed E-state index contributed by atoms with van der Waals surface area (Å²) in [4.78, 5) is 33.6. The zero-order chi connectivity index (χ0) is 29.1. The lowest BCUT2D eigenvalue weighted by atomic mass is 9.88. The highest BCUT2D eigenvalue weighted by Crippen LogP contribution is 2.41. The Morgan fingerprint density at radius 3 is 2.33 bits per heavy atom. The van der Waals surface area contributed by atoms with Gasteiger partial charge in [-0.15, -0.1) is 17.9 Å². The summed E-state index contributed by atoms with van der Waals surface area (Å²) in [5.74, 6) is -0.529. The second kappa shape index (κ2) is 9.89. The minimum absolute atomic E-state index is 0.239. The zero-order valence-corrected chi connectivity index (χ0v) is 24.0. The first kappa shape index (κ1) is 25.4. The van der Waals surface area contributed by atoms with Gasteiger partial charge < -0.3 is 4.57 Å². The van der Waals surface area contributed by atoms with Gasteiger partial charge in [0, 0.05) is 45.7 Å². The van der Waals surface area contributed by atoms with Crippen LogP contribution in [0, 0.1) is 0 Å². The molecule has 0 saturated carbocycles. The Kier molecular flexibility index (Phi) is 5.84. The van der Waals surface area contributed by atoms with Gasteiger partial charge >= 0.3 is 0 Å². The number of thiazole rings is 1. The van der Waals surface area contributed by atoms with Gasteiger partial charge in [-0.05, 0) is 58.5 Å². The summed E-state index contributed by atoms with van der Waals surface area (Å²) >= 11 is 1.69. The lowest BCUT2D eigenvalue weighted by molar-refractivity contribution is 0.0598. The molecule has 0 N–H and O–H groups in total. The van der Waals surface area contributed by atoms with Gasteiger partial charge in [0.15, 0.2) is 0 Å². The normalized spacial score (nSPS) is 13.0. The summed E-state index contributed by atoms with van der Waals surface area (Å²) in [6.45, 7) is 4.88. The van der Waals surface area contributed by atoms with E-state index in [1.807, 2.05) is 84.9 Å². The largest absolute Gasteiger partial charge is 0.343 e. The lowest BCUT2D eigenvalue weighted by Gasteiger charge is -2.28. The molecule has 43 heavy (non-hydrogen) atoms. The highest BCUT2D eigenvalue weighted by Gasteiger charge is 2.33. The zero-order valence-electron chi connectivity index (χ0n) is 23.2. The van der Waals surface area contributed by atoms with Gasteiger partial charge in [-0.2, -0.15) is 0 Å². The number of amides is 2. The molecule has 1 aliphatic rings. The van der Waals surface area contributed by atoms with Crippen LogP contribution in [0.5, 0.6) is 0 Å². The second-order valence-electron chi connectivity index (χ2n) is 10.8. The van der Waals surface area contributed by atoms with E-state index in [2.05, 4.69) is 41.6 Å². The number of allylic oxidation sites excluding steroid dienone is 1. The molecule has 0 aliphatic carbocycles. The third-order valence-corrected chi connectivity index (χ3v) is 9.29. The average Bonchev–Trinajstić information content (AvgIpc) is 3.63. The number of nitrogens with zero attached hydrogens (tertiary/aromatic N) is 3. The molecule has 0 radical (unpaired) electrons. The Morgan fingerprint density at radius 2 is 1.51 bits per heavy atom. The van der Waals surface area contributed by atoms with E-state index in [9.17, 15) is 9.59 Å². The van der Waals surface area contributed by atoms with Crippen molar-refractivity contribution >= 4 is 55.0 Å². The molecule has 0 saturated heterocycles. The monoisotopic (exact) mass is 575 g/mol. The number of hydrogen-bond donors (Lipinski definition) is 0. The number of fused-ring (bicyclic) bond motifs is 2. The van der Waals surface area contributed by atoms with Crippen LogP contribution in [0.4, 0.5) is 0 Å². The number of imide groups is 1. The molecule has 3 heterocycles. The summed E-state index contributed by atoms with van der Waals surface area (Å²) in [5, 5.41) is 3.68. The molecule has 2 aromatic heterocycles. The molecule has 0 unspecified atom stereocenters. The molecule has 5 aromatic carbocycles. The van der Waals surface area contributed by atoms with Crippen LogP contribution in [-0.4, -0.2) is 26.3 Å². The molecule has 0 spiro atoms. The highest BCUT2D eigenvalue weighted by atomic mass is 32.1. The Balaban J connectivity index is 1.28. The van der Waals surface area contributed by atoms with E-state index >= 15 is 0 Å². The molecule has 0 atom stereocenters. The van der Waals surface area contributed by atoms with Gasteiger partial charge in [0.1, 0.15) is 5.01 Å². The standard InChI is InChI=1S/C37H25N3O2S/c1-2-19-39-22-30(35-38-31-13-6-7-14-33(31)43-35)29-20-24(15-18-32(29)39)25-16-17-28-34-26(25)11-8-12-27(34)36(41)40(37(28)42)21-23-9-4-3-5-10-23/h2-18,20,22H,1,19,21H2. The molecule has 206 valence electrons. The third-order valence-electron chi connectivity index (χ3n) is 8.22. The van der Waals surface area contributed by atoms with Crippen molar-refractivity contribution in [2.45, 2.75) is 13.1 Å². The first-order chi connectivity index (χ1) is 21.1. The van der Waals surface area contributed by atoms with Crippen molar-refractivity contribution in [3.05, 3.63) is 139 Å². The first-order valence-corrected chi connectivity index (χ1v) is 15.0. The Hall–Kier alpha value is -5.33. The van der Waals surface area contributed by atoms with Gasteiger partial charge in [0.05, 0.1) is 16.8 Å². The Bertz CT molecular complexity index is 2210. The molecule has 6 heteroatoms. The second-order valence-corrected chi connectivity index (χ2v) is 11.8. The number of carbonyl (C=O) groups is 2. The molecule has 8 rings (SSSR count). The van der Waals surface area contributed by atoms with Crippen molar-refractivity contribution < 1.29 is 9.59 Å². The van der Waals surface area contributed by atoms with E-state index in [-0.39, 0.29) is 18.4 Å². The van der Waals surface area contributed by atoms with Crippen molar-refractivity contribution in [2.75, 3.05) is 0 Å². The fourth-order valence-electron chi connectivity index (χ4n) is 6.22. The van der Waals surface area contributed by atoms with Crippen LogP contribution in [0.2, 0.25) is 0 Å². The molecule has 0 bridgehead atoms. The van der Waals surface area contributed by atoms with Crippen LogP contribution in [0.25, 0.3) is 53.6 Å². The maximum atomic E-state index is 13.7. The van der Waals surface area contributed by atoms with E-state index < -0.39 is 0 Å². The van der Waals surface area contributed by atoms with Crippen molar-refractivity contribution in [2.24, 2.45) is 0 Å². The topological polar surface area (TPSA) is 55.2 Å². The number of aromatic nitrogens is 2. The van der Waals surface area contributed by atoms with E-state index in [4.69, 9.17) is 4.98 Å². The van der Waals surface area contributed by atoms with E-state index in [1.54, 1.807) is 11.3 Å². The maximum absolute atomic E-state index is 13.7. The molecule has 7 aromatic rings. The SMILES string of the molecule is C=CCn1cc(-c2nc3ccccc3s2)c2cc(-c3ccc4c5c(cccc35)C(=O)N(Cc3ccccc3)C4=O)ccc21. The summed E-state index contributed by atoms with van der Waals surface area (Å²) in [6.07, 6.45) is 4.06. The number of hydrogen-bond acceptors (Lipinski definition) is 4.